The molecular weight excluding hydrogens is 561 g/mol. The van der Waals surface area contributed by atoms with Crippen molar-refractivity contribution in [2.45, 2.75) is 18.6 Å². The van der Waals surface area contributed by atoms with Crippen molar-refractivity contribution in [2.24, 2.45) is 0 Å². The van der Waals surface area contributed by atoms with E-state index in [0.717, 1.165) is 6.26 Å². The normalized spacial score (nSPS) is 12.9. The molecule has 0 fully saturated rings. The van der Waals surface area contributed by atoms with Gasteiger partial charge in [-0.05, 0) is 29.8 Å². The number of fused-ring (bicyclic) bond motifs is 1. The number of halogens is 3. The van der Waals surface area contributed by atoms with Gasteiger partial charge in [-0.15, -0.1) is 0 Å². The highest BCUT2D eigenvalue weighted by Gasteiger charge is 2.40. The number of hydrogen-bond donors (Lipinski definition) is 2. The van der Waals surface area contributed by atoms with E-state index in [4.69, 9.17) is 4.52 Å². The summed E-state index contributed by atoms with van der Waals surface area (Å²) in [7, 11) is -7.18. The minimum atomic E-state index is -5.18. The molecule has 206 valence electrons. The lowest BCUT2D eigenvalue weighted by Gasteiger charge is -2.23. The van der Waals surface area contributed by atoms with E-state index in [1.807, 2.05) is 5.32 Å². The molecule has 0 saturated heterocycles. The number of aromatic nitrogens is 2. The molecule has 2 heterocycles. The van der Waals surface area contributed by atoms with Gasteiger partial charge in [0.15, 0.2) is 15.4 Å². The van der Waals surface area contributed by atoms with Gasteiger partial charge in [-0.25, -0.2) is 26.1 Å². The fraction of sp³-hybridized carbons (Fsp3) is 0.208. The molecule has 0 bridgehead atoms. The number of sulfone groups is 1. The number of thiol groups is 1. The van der Waals surface area contributed by atoms with E-state index < -0.39 is 44.7 Å². The van der Waals surface area contributed by atoms with Crippen LogP contribution in [-0.4, -0.2) is 51.2 Å². The summed E-state index contributed by atoms with van der Waals surface area (Å²) in [5.74, 6) is -3.31. The highest BCUT2D eigenvalue weighted by Crippen LogP contribution is 2.34. The number of amides is 1. The number of anilines is 1. The van der Waals surface area contributed by atoms with Crippen LogP contribution in [0.25, 0.3) is 22.2 Å². The first-order valence-corrected chi connectivity index (χ1v) is 14.4. The van der Waals surface area contributed by atoms with Crippen LogP contribution in [0.1, 0.15) is 17.3 Å². The second-order valence-electron chi connectivity index (χ2n) is 8.52. The third-order valence-corrected chi connectivity index (χ3v) is 7.21. The Balaban J connectivity index is 1.78. The van der Waals surface area contributed by atoms with E-state index in [9.17, 15) is 34.8 Å². The summed E-state index contributed by atoms with van der Waals surface area (Å²) in [6, 6.07) is 16.0. The number of rotatable bonds is 9. The number of nitrogens with zero attached hydrogens (tertiary/aromatic N) is 3. The highest BCUT2D eigenvalue weighted by atomic mass is 32.2. The van der Waals surface area contributed by atoms with Gasteiger partial charge < -0.3 is 9.84 Å². The van der Waals surface area contributed by atoms with Crippen molar-refractivity contribution < 1.29 is 39.3 Å². The van der Waals surface area contributed by atoms with Crippen molar-refractivity contribution in [3.63, 3.8) is 0 Å². The number of para-hydroxylation sites is 1. The summed E-state index contributed by atoms with van der Waals surface area (Å²) >= 11 is 0. The summed E-state index contributed by atoms with van der Waals surface area (Å²) in [6.07, 6.45) is -4.64. The monoisotopic (exact) mass is 582 g/mol. The van der Waals surface area contributed by atoms with Gasteiger partial charge in [0.2, 0.25) is 10.9 Å². The zero-order chi connectivity index (χ0) is 28.4. The predicted octanol–water partition coefficient (Wildman–Crippen LogP) is 3.19. The average Bonchev–Trinajstić information content (AvgIpc) is 3.30. The van der Waals surface area contributed by atoms with Crippen molar-refractivity contribution in [1.29, 1.82) is 0 Å². The van der Waals surface area contributed by atoms with Crippen LogP contribution in [0.15, 0.2) is 71.3 Å². The minimum Gasteiger partial charge on any atom is -0.356 e. The average molecular weight is 583 g/mol. The Kier molecular flexibility index (Phi) is 7.92. The number of nitrogens with one attached hydrogen (secondary N) is 1. The van der Waals surface area contributed by atoms with Crippen LogP contribution in [0.2, 0.25) is 0 Å². The van der Waals surface area contributed by atoms with E-state index >= 15 is 0 Å². The summed E-state index contributed by atoms with van der Waals surface area (Å²) < 4.78 is 92.6. The molecule has 1 amide bonds. The molecule has 4 aromatic rings. The SMILES string of the molecule is CS(=O)(=O)CN(c1cccc(CC(NC(=O)C(F)(F)F)c2ccccc2-c2noc3ccccc23)n1)[SH](=O)=O. The van der Waals surface area contributed by atoms with E-state index in [0.29, 0.717) is 26.5 Å². The van der Waals surface area contributed by atoms with Gasteiger partial charge in [0.1, 0.15) is 17.4 Å². The number of benzene rings is 2. The van der Waals surface area contributed by atoms with Crippen molar-refractivity contribution >= 4 is 43.4 Å². The molecular formula is C24H21F3N4O6S2. The van der Waals surface area contributed by atoms with Gasteiger partial charge in [0.05, 0.1) is 6.04 Å². The van der Waals surface area contributed by atoms with Gasteiger partial charge >= 0.3 is 12.1 Å². The molecule has 1 N–H and O–H groups in total. The molecule has 0 aliphatic rings. The van der Waals surface area contributed by atoms with Crippen LogP contribution in [0.5, 0.6) is 0 Å². The molecule has 39 heavy (non-hydrogen) atoms. The Morgan fingerprint density at radius 2 is 1.74 bits per heavy atom. The zero-order valence-electron chi connectivity index (χ0n) is 20.1. The largest absolute Gasteiger partial charge is 0.471 e. The molecule has 0 saturated carbocycles. The van der Waals surface area contributed by atoms with Gasteiger partial charge in [0.25, 0.3) is 0 Å². The Labute approximate surface area is 222 Å². The summed E-state index contributed by atoms with van der Waals surface area (Å²) in [4.78, 5) is 16.2. The standard InChI is InChI=1S/C24H21F3N4O6S2/c1-39(35,36)14-31(38(33)34)21-12-6-7-15(28-21)13-19(29-23(32)24(25,26)27)16-8-2-3-9-17(16)22-18-10-4-5-11-20(18)37-30-22/h2-12,19,38H,13-14H2,1H3,(H,29,32). The van der Waals surface area contributed by atoms with Gasteiger partial charge in [-0.1, -0.05) is 47.6 Å². The Bertz CT molecular complexity index is 1700. The van der Waals surface area contributed by atoms with Crippen LogP contribution < -0.4 is 9.62 Å². The van der Waals surface area contributed by atoms with Crippen molar-refractivity contribution in [3.8, 4) is 11.3 Å². The minimum absolute atomic E-state index is 0.0927. The van der Waals surface area contributed by atoms with Crippen LogP contribution >= 0.6 is 0 Å². The van der Waals surface area contributed by atoms with Crippen LogP contribution in [-0.2, 0) is 31.9 Å². The lowest BCUT2D eigenvalue weighted by atomic mass is 9.93. The van der Waals surface area contributed by atoms with E-state index in [1.165, 1.54) is 24.3 Å². The predicted molar refractivity (Wildman–Crippen MR) is 137 cm³/mol. The third kappa shape index (κ3) is 6.72. The van der Waals surface area contributed by atoms with Gasteiger partial charge in [-0.2, -0.15) is 13.2 Å². The Hall–Kier alpha value is -3.98. The number of pyridine rings is 1. The number of hydrogen-bond acceptors (Lipinski definition) is 8. The number of alkyl halides is 3. The third-order valence-electron chi connectivity index (χ3n) is 5.56. The Morgan fingerprint density at radius 3 is 2.44 bits per heavy atom. The van der Waals surface area contributed by atoms with E-state index in [2.05, 4.69) is 10.1 Å². The van der Waals surface area contributed by atoms with Crippen LogP contribution in [0.3, 0.4) is 0 Å². The van der Waals surface area contributed by atoms with Crippen LogP contribution in [0, 0.1) is 0 Å². The second-order valence-corrected chi connectivity index (χ2v) is 11.6. The molecule has 2 aromatic heterocycles. The lowest BCUT2D eigenvalue weighted by molar-refractivity contribution is -0.174. The fourth-order valence-corrected chi connectivity index (χ4v) is 5.79. The molecule has 0 radical (unpaired) electrons. The molecule has 1 unspecified atom stereocenters. The smallest absolute Gasteiger partial charge is 0.356 e. The fourth-order valence-electron chi connectivity index (χ4n) is 3.93. The molecule has 4 rings (SSSR count). The number of carbonyl (C=O) groups is 1. The first-order chi connectivity index (χ1) is 18.3. The molecule has 0 aliphatic heterocycles. The number of carbonyl (C=O) groups excluding carboxylic acids is 1. The molecule has 1 atom stereocenters. The van der Waals surface area contributed by atoms with Crippen molar-refractivity contribution in [3.05, 3.63) is 78.0 Å². The van der Waals surface area contributed by atoms with Gasteiger partial charge in [0, 0.05) is 29.3 Å². The first-order valence-electron chi connectivity index (χ1n) is 11.2. The molecule has 2 aromatic carbocycles. The molecule has 15 heteroatoms. The summed E-state index contributed by atoms with van der Waals surface area (Å²) in [6.45, 7) is 0. The maximum atomic E-state index is 13.3. The van der Waals surface area contributed by atoms with Crippen molar-refractivity contribution in [2.75, 3.05) is 16.4 Å². The lowest BCUT2D eigenvalue weighted by Crippen LogP contribution is -2.40. The summed E-state index contributed by atoms with van der Waals surface area (Å²) in [5, 5.41) is 6.67. The molecule has 0 aliphatic carbocycles. The topological polar surface area (TPSA) is 140 Å². The maximum Gasteiger partial charge on any atom is 0.471 e. The molecule has 0 spiro atoms. The quantitative estimate of drug-likeness (QED) is 0.287. The highest BCUT2D eigenvalue weighted by molar-refractivity contribution is 7.91. The van der Waals surface area contributed by atoms with Gasteiger partial charge in [-0.3, -0.25) is 4.79 Å². The first kappa shape index (κ1) is 28.0. The van der Waals surface area contributed by atoms with E-state index in [-0.39, 0.29) is 23.5 Å². The van der Waals surface area contributed by atoms with Crippen LogP contribution in [0.4, 0.5) is 19.0 Å². The summed E-state index contributed by atoms with van der Waals surface area (Å²) in [5.41, 5.74) is 1.55. The van der Waals surface area contributed by atoms with E-state index in [1.54, 1.807) is 42.5 Å². The maximum absolute atomic E-state index is 13.3. The Morgan fingerprint density at radius 1 is 1.05 bits per heavy atom. The zero-order valence-corrected chi connectivity index (χ0v) is 21.8. The molecule has 10 nitrogen and oxygen atoms in total. The second kappa shape index (κ2) is 11.0. The van der Waals surface area contributed by atoms with Crippen molar-refractivity contribution in [1.82, 2.24) is 15.5 Å².